The number of ether oxygens (including phenoxy) is 1. The summed E-state index contributed by atoms with van der Waals surface area (Å²) in [6.07, 6.45) is 2.12. The van der Waals surface area contributed by atoms with Crippen LogP contribution in [0.25, 0.3) is 11.0 Å². The molecule has 0 saturated carbocycles. The van der Waals surface area contributed by atoms with Crippen LogP contribution in [0.3, 0.4) is 0 Å². The summed E-state index contributed by atoms with van der Waals surface area (Å²) >= 11 is 3.47. The average Bonchev–Trinajstić information content (AvgIpc) is 2.67. The quantitative estimate of drug-likeness (QED) is 0.928. The molecule has 0 atom stereocenters. The molecule has 2 aromatic rings. The zero-order valence-electron chi connectivity index (χ0n) is 10.4. The van der Waals surface area contributed by atoms with Crippen LogP contribution in [-0.4, -0.2) is 17.1 Å². The van der Waals surface area contributed by atoms with Crippen LogP contribution in [0.2, 0.25) is 0 Å². The van der Waals surface area contributed by atoms with Gasteiger partial charge in [0, 0.05) is 10.9 Å². The van der Waals surface area contributed by atoms with Gasteiger partial charge >= 0.3 is 0 Å². The highest BCUT2D eigenvalue weighted by Gasteiger charge is 2.09. The van der Waals surface area contributed by atoms with E-state index in [-0.39, 0.29) is 0 Å². The highest BCUT2D eigenvalue weighted by Crippen LogP contribution is 2.28. The van der Waals surface area contributed by atoms with Crippen LogP contribution in [0.5, 0.6) is 5.75 Å². The number of benzene rings is 1. The Bertz CT molecular complexity index is 519. The number of H-pyrrole nitrogens is 1. The molecule has 1 heterocycles. The van der Waals surface area contributed by atoms with Gasteiger partial charge in [-0.1, -0.05) is 29.8 Å². The molecule has 2 rings (SSSR count). The molecule has 0 amide bonds. The van der Waals surface area contributed by atoms with E-state index in [1.54, 1.807) is 7.11 Å². The van der Waals surface area contributed by atoms with E-state index in [1.807, 2.05) is 12.1 Å². The maximum atomic E-state index is 5.33. The van der Waals surface area contributed by atoms with E-state index in [4.69, 9.17) is 4.74 Å². The molecule has 4 heteroatoms. The maximum absolute atomic E-state index is 5.33. The highest BCUT2D eigenvalue weighted by molar-refractivity contribution is 9.10. The molecule has 1 aromatic carbocycles. The van der Waals surface area contributed by atoms with E-state index in [1.165, 1.54) is 0 Å². The minimum absolute atomic E-state index is 0.692. The Balaban J connectivity index is 2.35. The molecule has 0 aliphatic carbocycles. The van der Waals surface area contributed by atoms with Crippen LogP contribution in [0, 0.1) is 5.92 Å². The van der Waals surface area contributed by atoms with Crippen LogP contribution in [0.4, 0.5) is 0 Å². The van der Waals surface area contributed by atoms with Crippen molar-refractivity contribution in [2.45, 2.75) is 26.7 Å². The van der Waals surface area contributed by atoms with Crippen LogP contribution >= 0.6 is 15.9 Å². The van der Waals surface area contributed by atoms with Gasteiger partial charge in [0.1, 0.15) is 17.1 Å². The molecule has 1 N–H and O–H groups in total. The summed E-state index contributed by atoms with van der Waals surface area (Å²) in [5.41, 5.74) is 1.93. The molecular formula is C13H17BrN2O. The Kier molecular flexibility index (Phi) is 3.72. The number of aryl methyl sites for hydroxylation is 1. The smallest absolute Gasteiger partial charge is 0.147 e. The van der Waals surface area contributed by atoms with E-state index in [2.05, 4.69) is 39.7 Å². The Morgan fingerprint density at radius 1 is 1.41 bits per heavy atom. The van der Waals surface area contributed by atoms with E-state index in [0.29, 0.717) is 5.92 Å². The Morgan fingerprint density at radius 3 is 2.82 bits per heavy atom. The molecule has 1 aromatic heterocycles. The van der Waals surface area contributed by atoms with Crippen LogP contribution in [-0.2, 0) is 6.42 Å². The van der Waals surface area contributed by atoms with Gasteiger partial charge < -0.3 is 9.72 Å². The van der Waals surface area contributed by atoms with Gasteiger partial charge in [-0.05, 0) is 24.5 Å². The number of hydrogen-bond donors (Lipinski definition) is 1. The normalized spacial score (nSPS) is 11.4. The van der Waals surface area contributed by atoms with Crippen LogP contribution < -0.4 is 4.74 Å². The average molecular weight is 297 g/mol. The van der Waals surface area contributed by atoms with Gasteiger partial charge in [0.25, 0.3) is 0 Å². The number of aromatic amines is 1. The minimum Gasteiger partial charge on any atom is -0.494 e. The second-order valence-electron chi connectivity index (χ2n) is 4.62. The summed E-state index contributed by atoms with van der Waals surface area (Å²) in [5, 5.41) is 0. The lowest BCUT2D eigenvalue weighted by Crippen LogP contribution is -1.93. The fraction of sp³-hybridized carbons (Fsp3) is 0.462. The summed E-state index contributed by atoms with van der Waals surface area (Å²) in [6.45, 7) is 4.44. The largest absolute Gasteiger partial charge is 0.494 e. The standard InChI is InChI=1S/C13H17BrN2O/c1-8(2)4-5-12-15-10-6-9(14)7-11(17-3)13(10)16-12/h6-8H,4-5H2,1-3H3,(H,15,16). The van der Waals surface area contributed by atoms with Gasteiger partial charge in [0.2, 0.25) is 0 Å². The molecule has 0 fully saturated rings. The third kappa shape index (κ3) is 2.80. The lowest BCUT2D eigenvalue weighted by Gasteiger charge is -2.00. The van der Waals surface area contributed by atoms with Gasteiger partial charge in [-0.25, -0.2) is 4.98 Å². The lowest BCUT2D eigenvalue weighted by molar-refractivity contribution is 0.418. The van der Waals surface area contributed by atoms with Crippen LogP contribution in [0.1, 0.15) is 26.1 Å². The fourth-order valence-electron chi connectivity index (χ4n) is 1.80. The second kappa shape index (κ2) is 5.08. The topological polar surface area (TPSA) is 37.9 Å². The predicted octanol–water partition coefficient (Wildman–Crippen LogP) is 3.92. The molecule has 3 nitrogen and oxygen atoms in total. The number of nitrogens with one attached hydrogen (secondary N) is 1. The monoisotopic (exact) mass is 296 g/mol. The number of aromatic nitrogens is 2. The molecule has 0 aliphatic rings. The second-order valence-corrected chi connectivity index (χ2v) is 5.54. The Morgan fingerprint density at radius 2 is 2.18 bits per heavy atom. The van der Waals surface area contributed by atoms with Gasteiger partial charge in [-0.3, -0.25) is 0 Å². The third-order valence-electron chi connectivity index (χ3n) is 2.74. The number of rotatable bonds is 4. The first-order chi connectivity index (χ1) is 8.10. The summed E-state index contributed by atoms with van der Waals surface area (Å²) in [5.74, 6) is 2.53. The van der Waals surface area contributed by atoms with Crippen molar-refractivity contribution in [2.75, 3.05) is 7.11 Å². The Hall–Kier alpha value is -1.03. The molecule has 0 radical (unpaired) electrons. The number of nitrogens with zero attached hydrogens (tertiary/aromatic N) is 1. The SMILES string of the molecule is COc1cc(Br)cc2[nH]c(CCC(C)C)nc12. The third-order valence-corrected chi connectivity index (χ3v) is 3.20. The van der Waals surface area contributed by atoms with Crippen molar-refractivity contribution in [1.29, 1.82) is 0 Å². The molecule has 0 aliphatic heterocycles. The lowest BCUT2D eigenvalue weighted by atomic mass is 10.1. The number of imidazole rings is 1. The van der Waals surface area contributed by atoms with Crippen LogP contribution in [0.15, 0.2) is 16.6 Å². The summed E-state index contributed by atoms with van der Waals surface area (Å²) in [6, 6.07) is 3.97. The summed E-state index contributed by atoms with van der Waals surface area (Å²) in [7, 11) is 1.67. The number of halogens is 1. The van der Waals surface area contributed by atoms with Gasteiger partial charge in [-0.2, -0.15) is 0 Å². The van der Waals surface area contributed by atoms with Crippen molar-refractivity contribution in [3.05, 3.63) is 22.4 Å². The summed E-state index contributed by atoms with van der Waals surface area (Å²) < 4.78 is 6.34. The van der Waals surface area contributed by atoms with E-state index in [0.717, 1.165) is 39.9 Å². The number of methoxy groups -OCH3 is 1. The van der Waals surface area contributed by atoms with Gasteiger partial charge in [0.05, 0.1) is 12.6 Å². The van der Waals surface area contributed by atoms with Crippen molar-refractivity contribution >= 4 is 27.0 Å². The van der Waals surface area contributed by atoms with E-state index in [9.17, 15) is 0 Å². The highest BCUT2D eigenvalue weighted by atomic mass is 79.9. The molecule has 0 bridgehead atoms. The minimum atomic E-state index is 0.692. The zero-order valence-corrected chi connectivity index (χ0v) is 12.0. The maximum Gasteiger partial charge on any atom is 0.147 e. The van der Waals surface area contributed by atoms with Crippen molar-refractivity contribution in [1.82, 2.24) is 9.97 Å². The van der Waals surface area contributed by atoms with E-state index >= 15 is 0 Å². The van der Waals surface area contributed by atoms with Crippen molar-refractivity contribution in [3.8, 4) is 5.75 Å². The molecule has 17 heavy (non-hydrogen) atoms. The first-order valence-corrected chi connectivity index (χ1v) is 6.61. The molecule has 0 spiro atoms. The predicted molar refractivity (Wildman–Crippen MR) is 73.5 cm³/mol. The number of fused-ring (bicyclic) bond motifs is 1. The molecule has 92 valence electrons. The van der Waals surface area contributed by atoms with Crippen molar-refractivity contribution in [2.24, 2.45) is 5.92 Å². The van der Waals surface area contributed by atoms with Gasteiger partial charge in [-0.15, -0.1) is 0 Å². The van der Waals surface area contributed by atoms with Crippen molar-refractivity contribution in [3.63, 3.8) is 0 Å². The number of hydrogen-bond acceptors (Lipinski definition) is 2. The molecular weight excluding hydrogens is 280 g/mol. The summed E-state index contributed by atoms with van der Waals surface area (Å²) in [4.78, 5) is 7.94. The van der Waals surface area contributed by atoms with Crippen molar-refractivity contribution < 1.29 is 4.74 Å². The molecule has 0 unspecified atom stereocenters. The first kappa shape index (κ1) is 12.4. The zero-order chi connectivity index (χ0) is 12.4. The Labute approximate surface area is 110 Å². The molecule has 0 saturated heterocycles. The van der Waals surface area contributed by atoms with E-state index < -0.39 is 0 Å². The fourth-order valence-corrected chi connectivity index (χ4v) is 2.24. The van der Waals surface area contributed by atoms with Gasteiger partial charge in [0.15, 0.2) is 0 Å². The first-order valence-electron chi connectivity index (χ1n) is 5.82.